The molecule has 6 heteroatoms. The van der Waals surface area contributed by atoms with Crippen molar-refractivity contribution in [2.75, 3.05) is 13.2 Å². The topological polar surface area (TPSA) is 78.9 Å². The van der Waals surface area contributed by atoms with Gasteiger partial charge in [0, 0.05) is 19.3 Å². The number of allylic oxidation sites excluding steroid dienone is 16. The molecule has 472 valence electrons. The molecule has 0 rings (SSSR count). The molecule has 0 amide bonds. The second-order valence-electron chi connectivity index (χ2n) is 23.4. The zero-order valence-corrected chi connectivity index (χ0v) is 54.2. The molecule has 0 spiro atoms. The molecule has 0 saturated carbocycles. The van der Waals surface area contributed by atoms with Gasteiger partial charge in [-0.3, -0.25) is 14.4 Å². The van der Waals surface area contributed by atoms with E-state index in [0.717, 1.165) is 122 Å². The molecule has 0 fully saturated rings. The summed E-state index contributed by atoms with van der Waals surface area (Å²) in [6, 6.07) is 0. The SMILES string of the molecule is CC/C=C\C/C=C\C/C=C\C/C=C\C/C=C\C/C=C\C/C=C\C/C=C\CCCCCCC(=O)OCC(COC(=O)CCCCCCCCC)OC(=O)CCCCCCCCCCCCCCCCCCCCCCCCCCCCCC. The number of rotatable bonds is 64. The minimum absolute atomic E-state index is 0.0826. The van der Waals surface area contributed by atoms with E-state index < -0.39 is 6.10 Å². The van der Waals surface area contributed by atoms with Crippen molar-refractivity contribution in [2.45, 2.75) is 354 Å². The van der Waals surface area contributed by atoms with E-state index >= 15 is 0 Å². The summed E-state index contributed by atoms with van der Waals surface area (Å²) in [5.41, 5.74) is 0. The van der Waals surface area contributed by atoms with Crippen molar-refractivity contribution in [3.05, 3.63) is 97.2 Å². The molecule has 0 saturated heterocycles. The number of esters is 3. The molecule has 0 N–H and O–H groups in total. The molecule has 1 atom stereocenters. The van der Waals surface area contributed by atoms with Gasteiger partial charge >= 0.3 is 17.9 Å². The van der Waals surface area contributed by atoms with Crippen LogP contribution in [0.15, 0.2) is 97.2 Å². The van der Waals surface area contributed by atoms with Crippen LogP contribution in [-0.4, -0.2) is 37.2 Å². The van der Waals surface area contributed by atoms with Gasteiger partial charge in [-0.1, -0.05) is 343 Å². The minimum atomic E-state index is -0.786. The van der Waals surface area contributed by atoms with Crippen LogP contribution < -0.4 is 0 Å². The van der Waals surface area contributed by atoms with Gasteiger partial charge < -0.3 is 14.2 Å². The van der Waals surface area contributed by atoms with Crippen LogP contribution in [-0.2, 0) is 28.6 Å². The highest BCUT2D eigenvalue weighted by molar-refractivity contribution is 5.71. The van der Waals surface area contributed by atoms with Crippen LogP contribution in [0.2, 0.25) is 0 Å². The number of unbranched alkanes of at least 4 members (excludes halogenated alkanes) is 37. The smallest absolute Gasteiger partial charge is 0.306 e. The highest BCUT2D eigenvalue weighted by atomic mass is 16.6. The van der Waals surface area contributed by atoms with E-state index in [9.17, 15) is 14.4 Å². The van der Waals surface area contributed by atoms with Gasteiger partial charge in [0.05, 0.1) is 0 Å². The first kappa shape index (κ1) is 78.3. The molecule has 0 aliphatic rings. The number of hydrogen-bond acceptors (Lipinski definition) is 6. The van der Waals surface area contributed by atoms with Crippen LogP contribution in [0.5, 0.6) is 0 Å². The largest absolute Gasteiger partial charge is 0.462 e. The van der Waals surface area contributed by atoms with Crippen molar-refractivity contribution in [3.8, 4) is 0 Å². The van der Waals surface area contributed by atoms with Crippen LogP contribution in [0.4, 0.5) is 0 Å². The lowest BCUT2D eigenvalue weighted by Gasteiger charge is -2.18. The fourth-order valence-corrected chi connectivity index (χ4v) is 10.1. The number of hydrogen-bond donors (Lipinski definition) is 0. The fraction of sp³-hybridized carbons (Fsp3) is 0.750. The third kappa shape index (κ3) is 67.1. The molecule has 0 aromatic heterocycles. The average molecular weight is 1140 g/mol. The Morgan fingerprint density at radius 3 is 0.744 bits per heavy atom. The maximum absolute atomic E-state index is 12.9. The Morgan fingerprint density at radius 1 is 0.256 bits per heavy atom. The normalized spacial score (nSPS) is 12.7. The molecular formula is C76H132O6. The molecule has 0 heterocycles. The third-order valence-corrected chi connectivity index (χ3v) is 15.4. The highest BCUT2D eigenvalue weighted by Crippen LogP contribution is 2.18. The zero-order chi connectivity index (χ0) is 59.2. The van der Waals surface area contributed by atoms with E-state index in [1.165, 1.54) is 186 Å². The lowest BCUT2D eigenvalue weighted by atomic mass is 10.0. The standard InChI is InChI=1S/C76H132O6/c1-4-7-10-13-16-18-20-22-24-26-28-30-32-34-36-38-40-41-43-45-47-49-51-53-55-57-60-63-66-69-75(78)81-72-73(71-80-74(77)68-65-62-59-15-12-9-6-3)82-76(79)70-67-64-61-58-56-54-52-50-48-46-44-42-39-37-35-33-31-29-27-25-23-21-19-17-14-11-8-5-2/h7,10,16,18,22,24,28,30,34,36,40-41,45,47,51,53,73H,4-6,8-9,11-15,17,19-21,23,25-27,29,31-33,35,37-39,42-44,46,48-50,52,54-72H2,1-3H3/b10-7-,18-16-,24-22-,30-28-,36-34-,41-40-,47-45-,53-51-. The Hall–Kier alpha value is -3.67. The molecule has 0 aromatic carbocycles. The van der Waals surface area contributed by atoms with Crippen LogP contribution in [0, 0.1) is 0 Å². The Morgan fingerprint density at radius 2 is 0.476 bits per heavy atom. The second-order valence-corrected chi connectivity index (χ2v) is 23.4. The monoisotopic (exact) mass is 1140 g/mol. The van der Waals surface area contributed by atoms with Gasteiger partial charge in [0.15, 0.2) is 6.10 Å². The molecule has 0 aliphatic carbocycles. The van der Waals surface area contributed by atoms with Crippen LogP contribution in [0.1, 0.15) is 348 Å². The van der Waals surface area contributed by atoms with Gasteiger partial charge in [-0.15, -0.1) is 0 Å². The molecule has 0 aromatic rings. The average Bonchev–Trinajstić information content (AvgIpc) is 3.48. The predicted molar refractivity (Wildman–Crippen MR) is 357 cm³/mol. The Kier molecular flexibility index (Phi) is 66.7. The van der Waals surface area contributed by atoms with E-state index in [-0.39, 0.29) is 31.1 Å². The number of carbonyl (C=O) groups is 3. The number of ether oxygens (including phenoxy) is 3. The first-order valence-corrected chi connectivity index (χ1v) is 35.2. The lowest BCUT2D eigenvalue weighted by Crippen LogP contribution is -2.30. The molecule has 82 heavy (non-hydrogen) atoms. The van der Waals surface area contributed by atoms with Gasteiger partial charge in [-0.05, 0) is 83.5 Å². The van der Waals surface area contributed by atoms with Crippen molar-refractivity contribution in [2.24, 2.45) is 0 Å². The number of carbonyl (C=O) groups excluding carboxylic acids is 3. The van der Waals surface area contributed by atoms with Crippen molar-refractivity contribution in [1.82, 2.24) is 0 Å². The lowest BCUT2D eigenvalue weighted by molar-refractivity contribution is -0.167. The molecule has 1 unspecified atom stereocenters. The maximum Gasteiger partial charge on any atom is 0.306 e. The van der Waals surface area contributed by atoms with Crippen molar-refractivity contribution >= 4 is 17.9 Å². The Bertz CT molecular complexity index is 1590. The van der Waals surface area contributed by atoms with Crippen molar-refractivity contribution in [1.29, 1.82) is 0 Å². The summed E-state index contributed by atoms with van der Waals surface area (Å²) in [5, 5.41) is 0. The van der Waals surface area contributed by atoms with Crippen molar-refractivity contribution in [3.63, 3.8) is 0 Å². The molecular weight excluding hydrogens is 1010 g/mol. The van der Waals surface area contributed by atoms with Crippen LogP contribution in [0.25, 0.3) is 0 Å². The molecule has 0 bridgehead atoms. The summed E-state index contributed by atoms with van der Waals surface area (Å²) < 4.78 is 16.9. The summed E-state index contributed by atoms with van der Waals surface area (Å²) in [7, 11) is 0. The van der Waals surface area contributed by atoms with Crippen LogP contribution >= 0.6 is 0 Å². The summed E-state index contributed by atoms with van der Waals surface area (Å²) in [6.07, 6.45) is 94.7. The quantitative estimate of drug-likeness (QED) is 0.0261. The first-order chi connectivity index (χ1) is 40.5. The van der Waals surface area contributed by atoms with Gasteiger partial charge in [0.1, 0.15) is 13.2 Å². The van der Waals surface area contributed by atoms with E-state index in [1.807, 2.05) is 0 Å². The van der Waals surface area contributed by atoms with E-state index in [1.54, 1.807) is 0 Å². The van der Waals surface area contributed by atoms with Crippen molar-refractivity contribution < 1.29 is 28.6 Å². The maximum atomic E-state index is 12.9. The summed E-state index contributed by atoms with van der Waals surface area (Å²) in [4.78, 5) is 38.2. The summed E-state index contributed by atoms with van der Waals surface area (Å²) in [6.45, 7) is 6.50. The predicted octanol–water partition coefficient (Wildman–Crippen LogP) is 24.4. The molecule has 6 nitrogen and oxygen atoms in total. The second kappa shape index (κ2) is 69.8. The first-order valence-electron chi connectivity index (χ1n) is 35.2. The minimum Gasteiger partial charge on any atom is -0.462 e. The van der Waals surface area contributed by atoms with Gasteiger partial charge in [-0.25, -0.2) is 0 Å². The summed E-state index contributed by atoms with van der Waals surface area (Å²) in [5.74, 6) is -0.901. The third-order valence-electron chi connectivity index (χ3n) is 15.4. The fourth-order valence-electron chi connectivity index (χ4n) is 10.1. The molecule has 0 aliphatic heterocycles. The van der Waals surface area contributed by atoms with Crippen LogP contribution in [0.3, 0.4) is 0 Å². The molecule has 0 radical (unpaired) electrons. The van der Waals surface area contributed by atoms with E-state index in [2.05, 4.69) is 118 Å². The zero-order valence-electron chi connectivity index (χ0n) is 54.2. The van der Waals surface area contributed by atoms with Gasteiger partial charge in [-0.2, -0.15) is 0 Å². The Balaban J connectivity index is 4.13. The Labute approximate surface area is 508 Å². The summed E-state index contributed by atoms with van der Waals surface area (Å²) >= 11 is 0. The highest BCUT2D eigenvalue weighted by Gasteiger charge is 2.19. The van der Waals surface area contributed by atoms with E-state index in [0.29, 0.717) is 19.3 Å². The van der Waals surface area contributed by atoms with Gasteiger partial charge in [0.25, 0.3) is 0 Å². The van der Waals surface area contributed by atoms with Gasteiger partial charge in [0.2, 0.25) is 0 Å². The van der Waals surface area contributed by atoms with E-state index in [4.69, 9.17) is 14.2 Å².